The number of aromatic amines is 1. The average Bonchev–Trinajstić information content (AvgIpc) is 2.96. The highest BCUT2D eigenvalue weighted by Crippen LogP contribution is 2.23. The van der Waals surface area contributed by atoms with Crippen molar-refractivity contribution in [3.8, 4) is 0 Å². The normalized spacial score (nSPS) is 16.3. The summed E-state index contributed by atoms with van der Waals surface area (Å²) in [6.07, 6.45) is 1.85. The molecule has 0 aliphatic carbocycles. The molecule has 0 spiro atoms. The van der Waals surface area contributed by atoms with Gasteiger partial charge < -0.3 is 4.42 Å². The van der Waals surface area contributed by atoms with Gasteiger partial charge in [0.15, 0.2) is 5.58 Å². The van der Waals surface area contributed by atoms with Gasteiger partial charge in [-0.2, -0.15) is 4.31 Å². The third kappa shape index (κ3) is 2.78. The van der Waals surface area contributed by atoms with E-state index in [-0.39, 0.29) is 10.5 Å². The monoisotopic (exact) mass is 375 g/mol. The number of hydrogen-bond donors (Lipinski definition) is 0. The SMILES string of the molecule is Cn1c(=O)oc2cc(S(=O)(=O)N3CCN(c4cccc[nH+]4)CC3)ccc21. The molecule has 1 N–H and O–H groups in total. The molecule has 1 aliphatic rings. The molecule has 1 aromatic carbocycles. The Morgan fingerprint density at radius 1 is 1.08 bits per heavy atom. The van der Waals surface area contributed by atoms with Crippen LogP contribution in [0.4, 0.5) is 5.82 Å². The highest BCUT2D eigenvalue weighted by molar-refractivity contribution is 7.89. The molecule has 0 radical (unpaired) electrons. The molecule has 0 atom stereocenters. The standard InChI is InChI=1S/C17H18N4O4S/c1-19-14-6-5-13(12-15(14)25-17(19)22)26(23,24)21-10-8-20(9-11-21)16-4-2-3-7-18-16/h2-7,12H,8-11H2,1H3/p+1. The number of nitrogens with zero attached hydrogens (tertiary/aromatic N) is 3. The van der Waals surface area contributed by atoms with Crippen LogP contribution >= 0.6 is 0 Å². The quantitative estimate of drug-likeness (QED) is 0.663. The fourth-order valence-electron chi connectivity index (χ4n) is 3.17. The minimum Gasteiger partial charge on any atom is -0.408 e. The number of sulfonamides is 1. The first kappa shape index (κ1) is 16.8. The Morgan fingerprint density at radius 3 is 2.54 bits per heavy atom. The maximum absolute atomic E-state index is 12.9. The van der Waals surface area contributed by atoms with Gasteiger partial charge >= 0.3 is 5.76 Å². The van der Waals surface area contributed by atoms with Crippen molar-refractivity contribution in [2.45, 2.75) is 4.90 Å². The van der Waals surface area contributed by atoms with Crippen LogP contribution in [0, 0.1) is 0 Å². The average molecular weight is 375 g/mol. The lowest BCUT2D eigenvalue weighted by Gasteiger charge is -2.30. The second-order valence-electron chi connectivity index (χ2n) is 6.20. The summed E-state index contributed by atoms with van der Waals surface area (Å²) in [5.74, 6) is 0.458. The Hall–Kier alpha value is -2.65. The number of hydrogen-bond acceptors (Lipinski definition) is 5. The molecule has 26 heavy (non-hydrogen) atoms. The minimum absolute atomic E-state index is 0.138. The molecule has 1 fully saturated rings. The zero-order chi connectivity index (χ0) is 18.3. The molecule has 0 unspecified atom stereocenters. The smallest absolute Gasteiger partial charge is 0.408 e. The van der Waals surface area contributed by atoms with Gasteiger partial charge in [-0.1, -0.05) is 6.07 Å². The molecular formula is C17H19N4O4S+. The Labute approximate surface area is 150 Å². The number of aromatic nitrogens is 2. The van der Waals surface area contributed by atoms with E-state index in [2.05, 4.69) is 9.88 Å². The number of pyridine rings is 1. The van der Waals surface area contributed by atoms with Crippen molar-refractivity contribution in [2.75, 3.05) is 31.1 Å². The van der Waals surface area contributed by atoms with Gasteiger partial charge in [0.1, 0.15) is 0 Å². The van der Waals surface area contributed by atoms with E-state index in [1.807, 2.05) is 24.4 Å². The number of H-pyrrole nitrogens is 1. The summed E-state index contributed by atoms with van der Waals surface area (Å²) in [7, 11) is -2.05. The van der Waals surface area contributed by atoms with Gasteiger partial charge in [-0.05, 0) is 18.2 Å². The van der Waals surface area contributed by atoms with Crippen LogP contribution in [0.3, 0.4) is 0 Å². The number of aryl methyl sites for hydroxylation is 1. The second kappa shape index (κ2) is 6.26. The molecular weight excluding hydrogens is 356 g/mol. The highest BCUT2D eigenvalue weighted by atomic mass is 32.2. The number of nitrogens with one attached hydrogen (secondary N) is 1. The first-order valence-electron chi connectivity index (χ1n) is 8.28. The molecule has 136 valence electrons. The van der Waals surface area contributed by atoms with E-state index in [1.54, 1.807) is 13.1 Å². The van der Waals surface area contributed by atoms with E-state index in [0.29, 0.717) is 31.7 Å². The summed E-state index contributed by atoms with van der Waals surface area (Å²) in [6, 6.07) is 10.4. The Balaban J connectivity index is 1.57. The third-order valence-electron chi connectivity index (χ3n) is 4.67. The van der Waals surface area contributed by atoms with Crippen molar-refractivity contribution in [1.29, 1.82) is 0 Å². The van der Waals surface area contributed by atoms with Crippen LogP contribution in [0.2, 0.25) is 0 Å². The summed E-state index contributed by atoms with van der Waals surface area (Å²) >= 11 is 0. The van der Waals surface area contributed by atoms with E-state index in [1.165, 1.54) is 21.0 Å². The van der Waals surface area contributed by atoms with Crippen molar-refractivity contribution in [1.82, 2.24) is 8.87 Å². The minimum atomic E-state index is -3.64. The van der Waals surface area contributed by atoms with Gasteiger partial charge in [0.2, 0.25) is 10.0 Å². The lowest BCUT2D eigenvalue weighted by atomic mass is 10.3. The van der Waals surface area contributed by atoms with Crippen LogP contribution in [0.25, 0.3) is 11.1 Å². The number of rotatable bonds is 3. The van der Waals surface area contributed by atoms with Crippen molar-refractivity contribution < 1.29 is 17.8 Å². The first-order valence-corrected chi connectivity index (χ1v) is 9.72. The van der Waals surface area contributed by atoms with E-state index >= 15 is 0 Å². The zero-order valence-corrected chi connectivity index (χ0v) is 15.1. The van der Waals surface area contributed by atoms with Crippen molar-refractivity contribution in [2.24, 2.45) is 7.05 Å². The molecule has 8 nitrogen and oxygen atoms in total. The summed E-state index contributed by atoms with van der Waals surface area (Å²) in [5.41, 5.74) is 0.842. The van der Waals surface area contributed by atoms with Gasteiger partial charge in [-0.25, -0.2) is 18.2 Å². The lowest BCUT2D eigenvalue weighted by Crippen LogP contribution is -2.49. The van der Waals surface area contributed by atoms with Crippen LogP contribution in [-0.2, 0) is 17.1 Å². The maximum Gasteiger partial charge on any atom is 0.419 e. The Morgan fingerprint density at radius 2 is 1.85 bits per heavy atom. The van der Waals surface area contributed by atoms with Gasteiger partial charge in [-0.3, -0.25) is 9.47 Å². The lowest BCUT2D eigenvalue weighted by molar-refractivity contribution is -0.364. The van der Waals surface area contributed by atoms with Crippen molar-refractivity contribution in [3.05, 3.63) is 53.1 Å². The molecule has 9 heteroatoms. The van der Waals surface area contributed by atoms with Gasteiger partial charge in [0.05, 0.1) is 42.8 Å². The summed E-state index contributed by atoms with van der Waals surface area (Å²) in [4.78, 5) is 17.0. The van der Waals surface area contributed by atoms with E-state index in [9.17, 15) is 13.2 Å². The second-order valence-corrected chi connectivity index (χ2v) is 8.13. The molecule has 3 heterocycles. The molecule has 0 bridgehead atoms. The Bertz CT molecular complexity index is 1100. The van der Waals surface area contributed by atoms with E-state index in [4.69, 9.17) is 4.42 Å². The fourth-order valence-corrected chi connectivity index (χ4v) is 4.61. The zero-order valence-electron chi connectivity index (χ0n) is 14.3. The van der Waals surface area contributed by atoms with Crippen LogP contribution in [0.1, 0.15) is 0 Å². The van der Waals surface area contributed by atoms with Gasteiger partial charge in [0, 0.05) is 19.2 Å². The van der Waals surface area contributed by atoms with Crippen molar-refractivity contribution in [3.63, 3.8) is 0 Å². The molecule has 0 saturated carbocycles. The third-order valence-corrected chi connectivity index (χ3v) is 6.57. The summed E-state index contributed by atoms with van der Waals surface area (Å²) < 4.78 is 33.8. The number of piperazine rings is 1. The number of anilines is 1. The van der Waals surface area contributed by atoms with Crippen molar-refractivity contribution >= 4 is 26.9 Å². The van der Waals surface area contributed by atoms with Crippen LogP contribution in [-0.4, -0.2) is 43.5 Å². The number of oxazole rings is 1. The molecule has 0 amide bonds. The predicted molar refractivity (Wildman–Crippen MR) is 95.4 cm³/mol. The van der Waals surface area contributed by atoms with Gasteiger partial charge in [-0.15, -0.1) is 0 Å². The summed E-state index contributed by atoms with van der Waals surface area (Å²) in [5, 5.41) is 0. The summed E-state index contributed by atoms with van der Waals surface area (Å²) in [6.45, 7) is 1.98. The van der Waals surface area contributed by atoms with E-state index in [0.717, 1.165) is 5.82 Å². The fraction of sp³-hybridized carbons (Fsp3) is 0.294. The topological polar surface area (TPSA) is 89.9 Å². The number of fused-ring (bicyclic) bond motifs is 1. The maximum atomic E-state index is 12.9. The number of benzene rings is 1. The Kier molecular flexibility index (Phi) is 4.04. The first-order chi connectivity index (χ1) is 12.5. The highest BCUT2D eigenvalue weighted by Gasteiger charge is 2.32. The van der Waals surface area contributed by atoms with Crippen LogP contribution in [0.15, 0.2) is 56.7 Å². The van der Waals surface area contributed by atoms with E-state index < -0.39 is 15.8 Å². The predicted octanol–water partition coefficient (Wildman–Crippen LogP) is 0.457. The largest absolute Gasteiger partial charge is 0.419 e. The molecule has 2 aromatic heterocycles. The van der Waals surface area contributed by atoms with Crippen LogP contribution < -0.4 is 15.6 Å². The van der Waals surface area contributed by atoms with Gasteiger partial charge in [0.25, 0.3) is 5.82 Å². The molecule has 1 saturated heterocycles. The molecule has 1 aliphatic heterocycles. The molecule has 3 aromatic rings. The van der Waals surface area contributed by atoms with Crippen LogP contribution in [0.5, 0.6) is 0 Å². The molecule has 4 rings (SSSR count).